The van der Waals surface area contributed by atoms with Crippen molar-refractivity contribution in [3.05, 3.63) is 156 Å². The van der Waals surface area contributed by atoms with E-state index in [4.69, 9.17) is 15.0 Å². The van der Waals surface area contributed by atoms with Crippen LogP contribution in [0, 0.1) is 13.8 Å². The van der Waals surface area contributed by atoms with E-state index in [0.29, 0.717) is 22.9 Å². The van der Waals surface area contributed by atoms with E-state index in [2.05, 4.69) is 0 Å². The van der Waals surface area contributed by atoms with Gasteiger partial charge in [-0.25, -0.2) is 15.0 Å². The maximum Gasteiger partial charge on any atom is 0.416 e. The molecule has 4 nitrogen and oxygen atoms in total. The fourth-order valence-electron chi connectivity index (χ4n) is 6.66. The molecular weight excluding hydrogens is 686 g/mol. The van der Waals surface area contributed by atoms with Crippen molar-refractivity contribution in [3.8, 4) is 51.0 Å². The summed E-state index contributed by atoms with van der Waals surface area (Å²) < 4.78 is 86.9. The first-order valence-electron chi connectivity index (χ1n) is 16.7. The molecule has 0 spiro atoms. The molecule has 0 amide bonds. The zero-order chi connectivity index (χ0) is 37.1. The Morgan fingerprint density at radius 2 is 0.887 bits per heavy atom. The lowest BCUT2D eigenvalue weighted by Crippen LogP contribution is -2.11. The maximum absolute atomic E-state index is 14.2. The molecule has 0 N–H and O–H groups in total. The van der Waals surface area contributed by atoms with Crippen molar-refractivity contribution in [1.29, 1.82) is 0 Å². The van der Waals surface area contributed by atoms with Crippen LogP contribution < -0.4 is 0 Å². The van der Waals surface area contributed by atoms with Gasteiger partial charge in [-0.1, -0.05) is 96.1 Å². The number of aryl methyl sites for hydroxylation is 2. The molecule has 0 atom stereocenters. The molecule has 0 radical (unpaired) electrons. The van der Waals surface area contributed by atoms with Crippen LogP contribution >= 0.6 is 0 Å². The van der Waals surface area contributed by atoms with Gasteiger partial charge in [-0.05, 0) is 67.9 Å². The van der Waals surface area contributed by atoms with Gasteiger partial charge >= 0.3 is 12.4 Å². The third kappa shape index (κ3) is 6.41. The van der Waals surface area contributed by atoms with Gasteiger partial charge < -0.3 is 4.57 Å². The van der Waals surface area contributed by atoms with E-state index in [1.165, 1.54) is 6.07 Å². The van der Waals surface area contributed by atoms with Gasteiger partial charge in [-0.3, -0.25) is 0 Å². The fraction of sp³-hybridized carbons (Fsp3) is 0.0930. The van der Waals surface area contributed by atoms with Gasteiger partial charge in [-0.15, -0.1) is 0 Å². The van der Waals surface area contributed by atoms with Gasteiger partial charge in [0.05, 0.1) is 27.8 Å². The molecule has 2 heterocycles. The molecule has 0 aliphatic heterocycles. The second-order valence-electron chi connectivity index (χ2n) is 12.9. The van der Waals surface area contributed by atoms with Crippen molar-refractivity contribution in [2.45, 2.75) is 26.2 Å². The van der Waals surface area contributed by atoms with E-state index in [1.807, 2.05) is 115 Å². The summed E-state index contributed by atoms with van der Waals surface area (Å²) in [5.41, 5.74) is 2.86. The van der Waals surface area contributed by atoms with Crippen molar-refractivity contribution in [1.82, 2.24) is 19.5 Å². The van der Waals surface area contributed by atoms with Gasteiger partial charge in [0.2, 0.25) is 0 Å². The molecule has 262 valence electrons. The second-order valence-corrected chi connectivity index (χ2v) is 12.9. The first-order valence-corrected chi connectivity index (χ1v) is 16.7. The molecular formula is C43H28F6N4. The van der Waals surface area contributed by atoms with Crippen LogP contribution in [0.15, 0.2) is 133 Å². The average molecular weight is 715 g/mol. The largest absolute Gasteiger partial charge is 0.416 e. The first-order chi connectivity index (χ1) is 25.3. The van der Waals surface area contributed by atoms with Crippen LogP contribution in [0.3, 0.4) is 0 Å². The van der Waals surface area contributed by atoms with E-state index in [9.17, 15) is 26.3 Å². The lowest BCUT2D eigenvalue weighted by Gasteiger charge is -2.19. The zero-order valence-electron chi connectivity index (χ0n) is 28.3. The molecule has 8 rings (SSSR count). The van der Waals surface area contributed by atoms with E-state index in [-0.39, 0.29) is 23.0 Å². The molecule has 2 aromatic heterocycles. The van der Waals surface area contributed by atoms with Crippen molar-refractivity contribution in [2.24, 2.45) is 0 Å². The van der Waals surface area contributed by atoms with Crippen LogP contribution in [-0.4, -0.2) is 19.5 Å². The Balaban J connectivity index is 1.46. The number of benzene rings is 6. The maximum atomic E-state index is 14.2. The van der Waals surface area contributed by atoms with Crippen LogP contribution in [0.1, 0.15) is 22.3 Å². The number of fused-ring (bicyclic) bond motifs is 3. The molecule has 10 heteroatoms. The van der Waals surface area contributed by atoms with E-state index in [0.717, 1.165) is 56.2 Å². The second kappa shape index (κ2) is 12.7. The van der Waals surface area contributed by atoms with Crippen molar-refractivity contribution >= 4 is 21.8 Å². The quantitative estimate of drug-likeness (QED) is 0.167. The molecule has 0 aliphatic rings. The third-order valence-corrected chi connectivity index (χ3v) is 9.17. The third-order valence-electron chi connectivity index (χ3n) is 9.17. The summed E-state index contributed by atoms with van der Waals surface area (Å²) in [6.07, 6.45) is -10.0. The number of hydrogen-bond acceptors (Lipinski definition) is 3. The minimum atomic E-state index is -5.02. The van der Waals surface area contributed by atoms with E-state index < -0.39 is 23.5 Å². The smallest absolute Gasteiger partial charge is 0.309 e. The van der Waals surface area contributed by atoms with Crippen molar-refractivity contribution in [3.63, 3.8) is 0 Å². The van der Waals surface area contributed by atoms with Gasteiger partial charge in [0.25, 0.3) is 0 Å². The number of nitrogens with zero attached hydrogens (tertiary/aromatic N) is 4. The zero-order valence-corrected chi connectivity index (χ0v) is 28.3. The molecule has 0 aliphatic carbocycles. The normalized spacial score (nSPS) is 12.2. The molecule has 0 bridgehead atoms. The summed E-state index contributed by atoms with van der Waals surface area (Å²) in [6, 6.07) is 37.0. The Hall–Kier alpha value is -6.29. The highest BCUT2D eigenvalue weighted by molar-refractivity contribution is 6.10. The number of aromatic nitrogens is 4. The summed E-state index contributed by atoms with van der Waals surface area (Å²) >= 11 is 0. The number of hydrogen-bond donors (Lipinski definition) is 0. The SMILES string of the molecule is Cc1ccc2c(c1)c1cc(C)ccc1n2-c1cc(-c2nc(-c3ccccc3)nc(-c3ccccc3)n2)ccc1-c1cc(C(F)(F)F)cc(C(F)(F)F)c1. The van der Waals surface area contributed by atoms with Gasteiger partial charge in [0.1, 0.15) is 0 Å². The van der Waals surface area contributed by atoms with Crippen LogP contribution in [0.4, 0.5) is 26.3 Å². The molecule has 53 heavy (non-hydrogen) atoms. The lowest BCUT2D eigenvalue weighted by molar-refractivity contribution is -0.143. The fourth-order valence-corrected chi connectivity index (χ4v) is 6.66. The van der Waals surface area contributed by atoms with Crippen molar-refractivity contribution < 1.29 is 26.3 Å². The van der Waals surface area contributed by atoms with Crippen LogP contribution in [-0.2, 0) is 12.4 Å². The Bertz CT molecular complexity index is 2510. The molecule has 8 aromatic rings. The number of halogens is 6. The van der Waals surface area contributed by atoms with Gasteiger partial charge in [-0.2, -0.15) is 26.3 Å². The summed E-state index contributed by atoms with van der Waals surface area (Å²) in [6.45, 7) is 3.92. The first kappa shape index (κ1) is 33.8. The minimum absolute atomic E-state index is 0.143. The summed E-state index contributed by atoms with van der Waals surface area (Å²) in [5.74, 6) is 1.07. The summed E-state index contributed by atoms with van der Waals surface area (Å²) in [4.78, 5) is 14.4. The highest BCUT2D eigenvalue weighted by Crippen LogP contribution is 2.43. The van der Waals surface area contributed by atoms with Crippen molar-refractivity contribution in [2.75, 3.05) is 0 Å². The Kier molecular flexibility index (Phi) is 8.13. The predicted octanol–water partition coefficient (Wildman–Crippen LogP) is 12.3. The average Bonchev–Trinajstić information content (AvgIpc) is 3.46. The lowest BCUT2D eigenvalue weighted by atomic mass is 9.96. The monoisotopic (exact) mass is 714 g/mol. The molecule has 6 aromatic carbocycles. The summed E-state index contributed by atoms with van der Waals surface area (Å²) in [7, 11) is 0. The topological polar surface area (TPSA) is 43.6 Å². The van der Waals surface area contributed by atoms with Gasteiger partial charge in [0.15, 0.2) is 17.5 Å². The number of rotatable bonds is 5. The summed E-state index contributed by atoms with van der Waals surface area (Å²) in [5, 5.41) is 1.77. The van der Waals surface area contributed by atoms with E-state index in [1.54, 1.807) is 12.1 Å². The minimum Gasteiger partial charge on any atom is -0.309 e. The molecule has 0 saturated carbocycles. The van der Waals surface area contributed by atoms with Crippen LogP contribution in [0.25, 0.3) is 72.8 Å². The highest BCUT2D eigenvalue weighted by Gasteiger charge is 2.37. The molecule has 0 saturated heterocycles. The Morgan fingerprint density at radius 3 is 1.34 bits per heavy atom. The molecule has 0 fully saturated rings. The standard InChI is InChI=1S/C43H28F6N4/c1-25-13-17-36-34(19-25)35-20-26(2)14-18-37(35)53(36)38-23-29(15-16-33(38)30-21-31(42(44,45)46)24-32(22-30)43(47,48)49)41-51-39(27-9-5-3-6-10-27)50-40(52-41)28-11-7-4-8-12-28/h3-24H,1-2H3. The van der Waals surface area contributed by atoms with Crippen LogP contribution in [0.5, 0.6) is 0 Å². The Morgan fingerprint density at radius 1 is 0.434 bits per heavy atom. The highest BCUT2D eigenvalue weighted by atomic mass is 19.4. The Labute approximate surface area is 300 Å². The van der Waals surface area contributed by atoms with Gasteiger partial charge in [0, 0.05) is 33.0 Å². The van der Waals surface area contributed by atoms with E-state index >= 15 is 0 Å². The number of alkyl halides is 6. The predicted molar refractivity (Wildman–Crippen MR) is 195 cm³/mol. The molecule has 0 unspecified atom stereocenters. The van der Waals surface area contributed by atoms with Crippen LogP contribution in [0.2, 0.25) is 0 Å².